The molecule has 1 nitrogen and oxygen atoms in total. The predicted molar refractivity (Wildman–Crippen MR) is 77.6 cm³/mol. The van der Waals surface area contributed by atoms with Gasteiger partial charge in [0.2, 0.25) is 0 Å². The molecule has 0 N–H and O–H groups in total. The van der Waals surface area contributed by atoms with Crippen LogP contribution in [0.3, 0.4) is 0 Å². The Balaban J connectivity index is 1.94. The van der Waals surface area contributed by atoms with Gasteiger partial charge in [-0.15, -0.1) is 0 Å². The second kappa shape index (κ2) is 5.67. The first-order valence-electron chi connectivity index (χ1n) is 6.84. The number of alkyl halides is 3. The van der Waals surface area contributed by atoms with E-state index in [1.54, 1.807) is 11.0 Å². The highest BCUT2D eigenvalue weighted by molar-refractivity contribution is 6.31. The van der Waals surface area contributed by atoms with Crippen LogP contribution in [0.5, 0.6) is 0 Å². The number of nitrogens with zero attached hydrogens (tertiary/aromatic N) is 1. The van der Waals surface area contributed by atoms with Gasteiger partial charge < -0.3 is 4.90 Å². The standard InChI is InChI=1S/C16H11ClF5N/c17-13-7-15(14(19)6-12(13)16(20,21)22)23-4-3-9-5-11(18)2-1-10(9)8-23/h1-2,5-7H,3-4,8H2. The van der Waals surface area contributed by atoms with E-state index in [4.69, 9.17) is 11.6 Å². The Morgan fingerprint density at radius 2 is 1.74 bits per heavy atom. The normalized spacial score (nSPS) is 14.8. The number of benzene rings is 2. The molecule has 2 aromatic rings. The number of rotatable bonds is 1. The molecule has 2 aromatic carbocycles. The number of fused-ring (bicyclic) bond motifs is 1. The topological polar surface area (TPSA) is 3.24 Å². The molecule has 0 saturated heterocycles. The lowest BCUT2D eigenvalue weighted by molar-refractivity contribution is -0.137. The largest absolute Gasteiger partial charge is 0.417 e. The zero-order chi connectivity index (χ0) is 16.8. The molecule has 0 aliphatic carbocycles. The van der Waals surface area contributed by atoms with Gasteiger partial charge in [0.1, 0.15) is 11.6 Å². The molecule has 0 aromatic heterocycles. The van der Waals surface area contributed by atoms with Crippen LogP contribution >= 0.6 is 11.6 Å². The van der Waals surface area contributed by atoms with Gasteiger partial charge in [0.15, 0.2) is 0 Å². The summed E-state index contributed by atoms with van der Waals surface area (Å²) in [6, 6.07) is 5.73. The van der Waals surface area contributed by atoms with E-state index in [1.165, 1.54) is 12.1 Å². The molecule has 1 aliphatic rings. The summed E-state index contributed by atoms with van der Waals surface area (Å²) in [5.41, 5.74) is 0.450. The molecular weight excluding hydrogens is 337 g/mol. The van der Waals surface area contributed by atoms with Gasteiger partial charge in [-0.25, -0.2) is 8.78 Å². The average Bonchev–Trinajstić information content (AvgIpc) is 2.47. The third kappa shape index (κ3) is 3.13. The predicted octanol–water partition coefficient (Wildman–Crippen LogP) is 5.20. The maximum Gasteiger partial charge on any atom is 0.417 e. The highest BCUT2D eigenvalue weighted by Crippen LogP contribution is 2.38. The van der Waals surface area contributed by atoms with Crippen molar-refractivity contribution in [2.75, 3.05) is 11.4 Å². The first kappa shape index (κ1) is 16.1. The molecule has 1 aliphatic heterocycles. The molecule has 0 spiro atoms. The Hall–Kier alpha value is -1.82. The molecule has 0 bridgehead atoms. The number of hydrogen-bond acceptors (Lipinski definition) is 1. The highest BCUT2D eigenvalue weighted by atomic mass is 35.5. The maximum absolute atomic E-state index is 14.1. The van der Waals surface area contributed by atoms with Crippen molar-refractivity contribution >= 4 is 17.3 Å². The van der Waals surface area contributed by atoms with Crippen molar-refractivity contribution in [2.45, 2.75) is 19.1 Å². The summed E-state index contributed by atoms with van der Waals surface area (Å²) in [5, 5.41) is -0.543. The average molecular weight is 348 g/mol. The molecule has 1 heterocycles. The van der Waals surface area contributed by atoms with Crippen LogP contribution < -0.4 is 4.90 Å². The van der Waals surface area contributed by atoms with Crippen LogP contribution in [-0.2, 0) is 19.1 Å². The number of anilines is 1. The van der Waals surface area contributed by atoms with Gasteiger partial charge in [0, 0.05) is 13.1 Å². The van der Waals surface area contributed by atoms with Crippen LogP contribution in [0.15, 0.2) is 30.3 Å². The van der Waals surface area contributed by atoms with Crippen LogP contribution in [0.4, 0.5) is 27.6 Å². The summed E-state index contributed by atoms with van der Waals surface area (Å²) < 4.78 is 65.5. The Morgan fingerprint density at radius 1 is 1.00 bits per heavy atom. The van der Waals surface area contributed by atoms with Crippen molar-refractivity contribution in [1.29, 1.82) is 0 Å². The quantitative estimate of drug-likeness (QED) is 0.641. The molecule has 7 heteroatoms. The van der Waals surface area contributed by atoms with E-state index in [0.29, 0.717) is 19.0 Å². The van der Waals surface area contributed by atoms with Crippen LogP contribution in [0.25, 0.3) is 0 Å². The van der Waals surface area contributed by atoms with E-state index in [9.17, 15) is 22.0 Å². The van der Waals surface area contributed by atoms with Gasteiger partial charge in [-0.05, 0) is 41.8 Å². The molecule has 0 saturated carbocycles. The molecule has 0 atom stereocenters. The fourth-order valence-corrected chi connectivity index (χ4v) is 2.99. The van der Waals surface area contributed by atoms with E-state index in [2.05, 4.69) is 0 Å². The first-order chi connectivity index (χ1) is 10.8. The smallest absolute Gasteiger partial charge is 0.364 e. The van der Waals surface area contributed by atoms with E-state index in [-0.39, 0.29) is 18.0 Å². The maximum atomic E-state index is 14.1. The second-order valence-electron chi connectivity index (χ2n) is 5.37. The van der Waals surface area contributed by atoms with Crippen molar-refractivity contribution < 1.29 is 22.0 Å². The van der Waals surface area contributed by atoms with E-state index in [0.717, 1.165) is 17.2 Å². The Morgan fingerprint density at radius 3 is 2.43 bits per heavy atom. The summed E-state index contributed by atoms with van der Waals surface area (Å²) in [7, 11) is 0. The third-order valence-corrected chi connectivity index (χ3v) is 4.18. The third-order valence-electron chi connectivity index (χ3n) is 3.86. The lowest BCUT2D eigenvalue weighted by atomic mass is 9.99. The Kier molecular flexibility index (Phi) is 3.96. The monoisotopic (exact) mass is 347 g/mol. The molecule has 122 valence electrons. The zero-order valence-electron chi connectivity index (χ0n) is 11.7. The van der Waals surface area contributed by atoms with Crippen LogP contribution in [-0.4, -0.2) is 6.54 Å². The van der Waals surface area contributed by atoms with Gasteiger partial charge >= 0.3 is 6.18 Å². The van der Waals surface area contributed by atoms with Crippen molar-refractivity contribution in [2.24, 2.45) is 0 Å². The lowest BCUT2D eigenvalue weighted by Crippen LogP contribution is -2.31. The highest BCUT2D eigenvalue weighted by Gasteiger charge is 2.35. The van der Waals surface area contributed by atoms with E-state index >= 15 is 0 Å². The minimum Gasteiger partial charge on any atom is -0.364 e. The van der Waals surface area contributed by atoms with Gasteiger partial charge in [-0.1, -0.05) is 17.7 Å². The summed E-state index contributed by atoms with van der Waals surface area (Å²) in [6.07, 6.45) is -4.23. The van der Waals surface area contributed by atoms with E-state index < -0.39 is 22.6 Å². The Labute approximate surface area is 134 Å². The van der Waals surface area contributed by atoms with Crippen molar-refractivity contribution in [1.82, 2.24) is 0 Å². The molecule has 23 heavy (non-hydrogen) atoms. The fraction of sp³-hybridized carbons (Fsp3) is 0.250. The second-order valence-corrected chi connectivity index (χ2v) is 5.77. The van der Waals surface area contributed by atoms with Crippen LogP contribution in [0.2, 0.25) is 5.02 Å². The SMILES string of the molecule is Fc1ccc2c(c1)CCN(c1cc(Cl)c(C(F)(F)F)cc1F)C2. The molecule has 0 fully saturated rings. The summed E-state index contributed by atoms with van der Waals surface area (Å²) in [5.74, 6) is -1.33. The molecule has 0 amide bonds. The van der Waals surface area contributed by atoms with Gasteiger partial charge in [-0.2, -0.15) is 13.2 Å². The van der Waals surface area contributed by atoms with Crippen LogP contribution in [0.1, 0.15) is 16.7 Å². The summed E-state index contributed by atoms with van der Waals surface area (Å²) in [4.78, 5) is 1.60. The van der Waals surface area contributed by atoms with Crippen LogP contribution in [0, 0.1) is 11.6 Å². The number of halogens is 6. The molecule has 0 unspecified atom stereocenters. The molecular formula is C16H11ClF5N. The first-order valence-corrected chi connectivity index (χ1v) is 7.22. The Bertz CT molecular complexity index is 757. The van der Waals surface area contributed by atoms with E-state index in [1.807, 2.05) is 0 Å². The van der Waals surface area contributed by atoms with Crippen molar-refractivity contribution in [3.63, 3.8) is 0 Å². The summed E-state index contributed by atoms with van der Waals surface area (Å²) in [6.45, 7) is 0.656. The van der Waals surface area contributed by atoms with Gasteiger partial charge in [0.05, 0.1) is 16.3 Å². The van der Waals surface area contributed by atoms with Gasteiger partial charge in [-0.3, -0.25) is 0 Å². The number of hydrogen-bond donors (Lipinski definition) is 0. The molecule has 3 rings (SSSR count). The molecule has 0 radical (unpaired) electrons. The minimum atomic E-state index is -4.71. The lowest BCUT2D eigenvalue weighted by Gasteiger charge is -2.31. The van der Waals surface area contributed by atoms with Crippen molar-refractivity contribution in [3.05, 3.63) is 63.7 Å². The van der Waals surface area contributed by atoms with Gasteiger partial charge in [0.25, 0.3) is 0 Å². The fourth-order valence-electron chi connectivity index (χ4n) is 2.72. The summed E-state index contributed by atoms with van der Waals surface area (Å²) >= 11 is 5.66. The minimum absolute atomic E-state index is 0.0120. The van der Waals surface area contributed by atoms with Crippen molar-refractivity contribution in [3.8, 4) is 0 Å². The zero-order valence-corrected chi connectivity index (χ0v) is 12.5.